The van der Waals surface area contributed by atoms with Gasteiger partial charge in [0, 0.05) is 10.9 Å². The van der Waals surface area contributed by atoms with E-state index in [4.69, 9.17) is 14.6 Å². The second-order valence-corrected chi connectivity index (χ2v) is 2.78. The average molecular weight is 228 g/mol. The molecule has 0 aliphatic rings. The Morgan fingerprint density at radius 1 is 1.31 bits per heavy atom. The van der Waals surface area contributed by atoms with Crippen LogP contribution in [0, 0.1) is 10.1 Å². The van der Waals surface area contributed by atoms with E-state index in [2.05, 4.69) is 0 Å². The van der Waals surface area contributed by atoms with E-state index < -0.39 is 10.9 Å². The van der Waals surface area contributed by atoms with E-state index in [9.17, 15) is 14.9 Å². The second kappa shape index (κ2) is 4.47. The third-order valence-electron chi connectivity index (χ3n) is 1.94. The molecule has 0 amide bonds. The van der Waals surface area contributed by atoms with E-state index in [1.165, 1.54) is 14.2 Å². The molecule has 7 nitrogen and oxygen atoms in total. The monoisotopic (exact) mass is 228 g/mol. The van der Waals surface area contributed by atoms with Gasteiger partial charge in [-0.3, -0.25) is 10.1 Å². The standard InChI is InChI=1S/C9H9NO6/c1-15-7-5(9(11)12)3-4-6(10(13)14)8(7)16-2/h3-4H,1-2H3,(H,11,12)/p+1. The number of nitro groups is 1. The molecule has 1 aromatic rings. The maximum Gasteiger partial charge on any atom is 0.553 e. The zero-order chi connectivity index (χ0) is 12.3. The van der Waals surface area contributed by atoms with Gasteiger partial charge in [0.25, 0.3) is 0 Å². The highest BCUT2D eigenvalue weighted by Crippen LogP contribution is 2.39. The Kier molecular flexibility index (Phi) is 3.29. The van der Waals surface area contributed by atoms with Crippen molar-refractivity contribution < 1.29 is 24.3 Å². The van der Waals surface area contributed by atoms with Crippen molar-refractivity contribution >= 4 is 11.7 Å². The molecule has 0 saturated carbocycles. The summed E-state index contributed by atoms with van der Waals surface area (Å²) >= 11 is 0. The zero-order valence-corrected chi connectivity index (χ0v) is 8.64. The molecule has 1 rings (SSSR count). The minimum Gasteiger partial charge on any atom is -0.561 e. The molecule has 0 saturated heterocycles. The van der Waals surface area contributed by atoms with Gasteiger partial charge in [-0.25, -0.2) is 0 Å². The van der Waals surface area contributed by atoms with Crippen LogP contribution in [0.3, 0.4) is 0 Å². The number of hydrogen-bond acceptors (Lipinski definition) is 5. The van der Waals surface area contributed by atoms with Crippen molar-refractivity contribution in [3.63, 3.8) is 0 Å². The lowest BCUT2D eigenvalue weighted by molar-refractivity contribution is -0.385. The van der Waals surface area contributed by atoms with Crippen LogP contribution >= 0.6 is 0 Å². The summed E-state index contributed by atoms with van der Waals surface area (Å²) in [6, 6.07) is 2.26. The third kappa shape index (κ3) is 1.88. The van der Waals surface area contributed by atoms with Gasteiger partial charge >= 0.3 is 11.7 Å². The topological polar surface area (TPSA) is 102 Å². The van der Waals surface area contributed by atoms with Crippen molar-refractivity contribution in [2.24, 2.45) is 0 Å². The van der Waals surface area contributed by atoms with E-state index in [0.717, 1.165) is 12.1 Å². The number of nitrogens with zero attached hydrogens (tertiary/aromatic N) is 1. The molecule has 0 heterocycles. The number of methoxy groups -OCH3 is 2. The Balaban J connectivity index is 3.52. The maximum absolute atomic E-state index is 10.9. The van der Waals surface area contributed by atoms with E-state index >= 15 is 0 Å². The molecule has 0 atom stereocenters. The summed E-state index contributed by atoms with van der Waals surface area (Å²) in [5, 5.41) is 17.6. The Morgan fingerprint density at radius 3 is 2.25 bits per heavy atom. The Bertz CT molecular complexity index is 401. The number of carbonyl (C=O) groups excluding carboxylic acids is 1. The van der Waals surface area contributed by atoms with Gasteiger partial charge in [-0.15, -0.1) is 0 Å². The molecule has 16 heavy (non-hydrogen) atoms. The van der Waals surface area contributed by atoms with Crippen molar-refractivity contribution in [3.8, 4) is 11.5 Å². The molecular weight excluding hydrogens is 218 g/mol. The summed E-state index contributed by atoms with van der Waals surface area (Å²) in [6.45, 7) is 0. The molecule has 0 fully saturated rings. The van der Waals surface area contributed by atoms with Gasteiger partial charge in [0.15, 0.2) is 11.3 Å². The molecule has 7 heteroatoms. The zero-order valence-electron chi connectivity index (χ0n) is 8.64. The summed E-state index contributed by atoms with van der Waals surface area (Å²) < 4.78 is 9.67. The third-order valence-corrected chi connectivity index (χ3v) is 1.94. The van der Waals surface area contributed by atoms with Gasteiger partial charge in [0.2, 0.25) is 5.75 Å². The van der Waals surface area contributed by atoms with Crippen molar-refractivity contribution in [1.82, 2.24) is 0 Å². The minimum atomic E-state index is -0.995. The maximum atomic E-state index is 10.9. The molecule has 86 valence electrons. The Morgan fingerprint density at radius 2 is 1.88 bits per heavy atom. The molecule has 1 aromatic carbocycles. The van der Waals surface area contributed by atoms with Crippen molar-refractivity contribution in [2.45, 2.75) is 0 Å². The molecule has 0 aliphatic heterocycles. The molecule has 0 aromatic heterocycles. The van der Waals surface area contributed by atoms with E-state index in [1.54, 1.807) is 0 Å². The van der Waals surface area contributed by atoms with E-state index in [0.29, 0.717) is 0 Å². The lowest BCUT2D eigenvalue weighted by Crippen LogP contribution is -2.04. The summed E-state index contributed by atoms with van der Waals surface area (Å²) in [4.78, 5) is 21.0. The first kappa shape index (κ1) is 11.8. The first-order valence-corrected chi connectivity index (χ1v) is 4.18. The predicted molar refractivity (Wildman–Crippen MR) is 54.1 cm³/mol. The number of rotatable bonds is 4. The van der Waals surface area contributed by atoms with Crippen LogP contribution in [0.2, 0.25) is 0 Å². The molecule has 0 bridgehead atoms. The quantitative estimate of drug-likeness (QED) is 0.423. The fraction of sp³-hybridized carbons (Fsp3) is 0.222. The van der Waals surface area contributed by atoms with Gasteiger partial charge in [0.05, 0.1) is 19.1 Å². The molecular formula is C9H10NO6+. The normalized spacial score (nSPS) is 9.62. The van der Waals surface area contributed by atoms with Crippen LogP contribution in [-0.2, 0) is 0 Å². The largest absolute Gasteiger partial charge is 0.561 e. The minimum absolute atomic E-state index is 0.0787. The fourth-order valence-corrected chi connectivity index (χ4v) is 1.27. The van der Waals surface area contributed by atoms with Gasteiger partial charge in [0.1, 0.15) is 0 Å². The number of ether oxygens (including phenoxy) is 2. The number of benzene rings is 1. The highest BCUT2D eigenvalue weighted by Gasteiger charge is 2.28. The Hall–Kier alpha value is -2.31. The number of nitro benzene ring substituents is 1. The lowest BCUT2D eigenvalue weighted by atomic mass is 10.1. The van der Waals surface area contributed by atoms with E-state index in [-0.39, 0.29) is 22.7 Å². The van der Waals surface area contributed by atoms with E-state index in [1.807, 2.05) is 0 Å². The molecule has 2 N–H and O–H groups in total. The van der Waals surface area contributed by atoms with Crippen LogP contribution in [-0.4, -0.2) is 30.2 Å². The number of carbonyl (C=O) groups is 1. The van der Waals surface area contributed by atoms with Gasteiger partial charge in [-0.05, 0) is 6.07 Å². The first-order chi connectivity index (χ1) is 7.52. The average Bonchev–Trinajstić information content (AvgIpc) is 2.26. The van der Waals surface area contributed by atoms with Crippen LogP contribution in [0.1, 0.15) is 10.4 Å². The Labute approximate surface area is 90.4 Å². The summed E-state index contributed by atoms with van der Waals surface area (Å²) in [5.74, 6) is -1.26. The summed E-state index contributed by atoms with van der Waals surface area (Å²) in [7, 11) is 2.47. The molecule has 0 aliphatic carbocycles. The van der Waals surface area contributed by atoms with Crippen LogP contribution in [0.15, 0.2) is 12.1 Å². The van der Waals surface area contributed by atoms with Gasteiger partial charge < -0.3 is 14.6 Å². The van der Waals surface area contributed by atoms with Crippen molar-refractivity contribution in [3.05, 3.63) is 27.8 Å². The van der Waals surface area contributed by atoms with Gasteiger partial charge in [-0.1, -0.05) is 0 Å². The lowest BCUT2D eigenvalue weighted by Gasteiger charge is -2.08. The number of hydrogen-bond donors (Lipinski definition) is 0. The van der Waals surface area contributed by atoms with Crippen molar-refractivity contribution in [2.75, 3.05) is 14.2 Å². The first-order valence-electron chi connectivity index (χ1n) is 4.18. The van der Waals surface area contributed by atoms with Gasteiger partial charge in [-0.2, -0.15) is 0 Å². The van der Waals surface area contributed by atoms with Crippen LogP contribution in [0.4, 0.5) is 5.69 Å². The SMILES string of the molecule is COc1c(C(=O)[OH2+])ccc([N+](=O)[O-])c1OC. The van der Waals surface area contributed by atoms with Crippen LogP contribution in [0.25, 0.3) is 0 Å². The summed E-state index contributed by atoms with van der Waals surface area (Å²) in [5.41, 5.74) is -0.394. The predicted octanol–water partition coefficient (Wildman–Crippen LogP) is 0.477. The molecule has 0 spiro atoms. The van der Waals surface area contributed by atoms with Crippen LogP contribution < -0.4 is 9.47 Å². The molecule has 0 unspecified atom stereocenters. The van der Waals surface area contributed by atoms with Crippen molar-refractivity contribution in [1.29, 1.82) is 0 Å². The van der Waals surface area contributed by atoms with Crippen LogP contribution in [0.5, 0.6) is 11.5 Å². The second-order valence-electron chi connectivity index (χ2n) is 2.78. The highest BCUT2D eigenvalue weighted by atomic mass is 16.6. The molecule has 0 radical (unpaired) electrons. The highest BCUT2D eigenvalue weighted by molar-refractivity contribution is 5.93. The smallest absolute Gasteiger partial charge is 0.553 e. The summed E-state index contributed by atoms with van der Waals surface area (Å²) in [6.07, 6.45) is 0. The fourth-order valence-electron chi connectivity index (χ4n) is 1.27.